The van der Waals surface area contributed by atoms with Crippen LogP contribution in [-0.4, -0.2) is 45.3 Å². The molecule has 1 aliphatic rings. The number of methoxy groups -OCH3 is 1. The summed E-state index contributed by atoms with van der Waals surface area (Å²) < 4.78 is 13.3. The summed E-state index contributed by atoms with van der Waals surface area (Å²) in [5.41, 5.74) is 1.58. The highest BCUT2D eigenvalue weighted by atomic mass is 16.5. The van der Waals surface area contributed by atoms with Gasteiger partial charge in [0.2, 0.25) is 5.95 Å². The van der Waals surface area contributed by atoms with E-state index < -0.39 is 5.60 Å². The zero-order valence-electron chi connectivity index (χ0n) is 17.6. The van der Waals surface area contributed by atoms with Crippen LogP contribution in [0.25, 0.3) is 11.4 Å². The average molecular weight is 407 g/mol. The molecule has 1 fully saturated rings. The molecular formula is C22H25N5O3. The van der Waals surface area contributed by atoms with Crippen molar-refractivity contribution in [3.05, 3.63) is 64.8 Å². The van der Waals surface area contributed by atoms with Crippen molar-refractivity contribution < 1.29 is 9.47 Å². The number of hydrogen-bond acceptors (Lipinski definition) is 7. The lowest BCUT2D eigenvalue weighted by molar-refractivity contribution is -0.0861. The Morgan fingerprint density at radius 3 is 2.77 bits per heavy atom. The van der Waals surface area contributed by atoms with Gasteiger partial charge < -0.3 is 14.4 Å². The number of morpholine rings is 1. The predicted octanol–water partition coefficient (Wildman–Crippen LogP) is 2.60. The number of hydrogen-bond donors (Lipinski definition) is 0. The van der Waals surface area contributed by atoms with Crippen LogP contribution in [0.5, 0.6) is 5.75 Å². The zero-order chi connectivity index (χ0) is 21.3. The molecule has 4 rings (SSSR count). The summed E-state index contributed by atoms with van der Waals surface area (Å²) >= 11 is 0. The molecule has 1 saturated heterocycles. The third-order valence-electron chi connectivity index (χ3n) is 5.12. The summed E-state index contributed by atoms with van der Waals surface area (Å²) in [5.74, 6) is 1.36. The van der Waals surface area contributed by atoms with Crippen LogP contribution in [0.4, 0.5) is 5.95 Å². The van der Waals surface area contributed by atoms with Crippen LogP contribution >= 0.6 is 0 Å². The Morgan fingerprint density at radius 1 is 1.20 bits per heavy atom. The molecule has 1 atom stereocenters. The third-order valence-corrected chi connectivity index (χ3v) is 5.12. The molecule has 0 amide bonds. The van der Waals surface area contributed by atoms with Gasteiger partial charge in [0.1, 0.15) is 18.2 Å². The molecule has 0 bridgehead atoms. The summed E-state index contributed by atoms with van der Waals surface area (Å²) in [6.07, 6.45) is 2.89. The lowest BCUT2D eigenvalue weighted by Gasteiger charge is -2.43. The summed E-state index contributed by atoms with van der Waals surface area (Å²) in [6, 6.07) is 11.1. The third kappa shape index (κ3) is 4.04. The van der Waals surface area contributed by atoms with Gasteiger partial charge in [0.25, 0.3) is 5.56 Å². The number of ether oxygens (including phenoxy) is 2. The van der Waals surface area contributed by atoms with Crippen molar-refractivity contribution in [2.45, 2.75) is 25.6 Å². The zero-order valence-corrected chi connectivity index (χ0v) is 17.6. The van der Waals surface area contributed by atoms with Crippen LogP contribution in [0, 0.1) is 0 Å². The van der Waals surface area contributed by atoms with Crippen molar-refractivity contribution >= 4 is 5.95 Å². The first-order valence-corrected chi connectivity index (χ1v) is 9.77. The van der Waals surface area contributed by atoms with Crippen LogP contribution in [0.2, 0.25) is 0 Å². The normalized spacial score (nSPS) is 18.3. The van der Waals surface area contributed by atoms with E-state index in [2.05, 4.69) is 14.9 Å². The number of anilines is 1. The molecule has 3 heterocycles. The lowest BCUT2D eigenvalue weighted by Crippen LogP contribution is -2.51. The minimum Gasteiger partial charge on any atom is -0.497 e. The standard InChI is InChI=1S/C22H25N5O3/c1-22(2)13-27(12-19(30-22)15-6-5-7-16(10-15)29-4)21-25-18(11-20(28)26(21)3)17-8-9-23-14-24-17/h5-11,14,19H,12-13H2,1-4H3. The SMILES string of the molecule is COc1cccc(C2CN(c3nc(-c4ccncn4)cc(=O)n3C)CC(C)(C)O2)c1. The maximum Gasteiger partial charge on any atom is 0.255 e. The summed E-state index contributed by atoms with van der Waals surface area (Å²) in [6.45, 7) is 5.24. The second-order valence-corrected chi connectivity index (χ2v) is 7.96. The van der Waals surface area contributed by atoms with Gasteiger partial charge in [-0.3, -0.25) is 9.36 Å². The van der Waals surface area contributed by atoms with Crippen molar-refractivity contribution in [3.8, 4) is 17.1 Å². The van der Waals surface area contributed by atoms with Gasteiger partial charge in [-0.2, -0.15) is 0 Å². The molecule has 8 heteroatoms. The van der Waals surface area contributed by atoms with Crippen LogP contribution < -0.4 is 15.2 Å². The average Bonchev–Trinajstić information content (AvgIpc) is 2.75. The first-order chi connectivity index (χ1) is 14.4. The fourth-order valence-corrected chi connectivity index (χ4v) is 3.74. The Hall–Kier alpha value is -3.26. The van der Waals surface area contributed by atoms with Crippen LogP contribution in [0.15, 0.2) is 53.7 Å². The van der Waals surface area contributed by atoms with Crippen molar-refractivity contribution in [3.63, 3.8) is 0 Å². The molecule has 1 unspecified atom stereocenters. The Morgan fingerprint density at radius 2 is 2.03 bits per heavy atom. The highest BCUT2D eigenvalue weighted by Gasteiger charge is 2.36. The van der Waals surface area contributed by atoms with E-state index in [1.165, 1.54) is 12.4 Å². The molecule has 30 heavy (non-hydrogen) atoms. The largest absolute Gasteiger partial charge is 0.497 e. The summed E-state index contributed by atoms with van der Waals surface area (Å²) in [7, 11) is 3.38. The molecule has 0 N–H and O–H groups in total. The van der Waals surface area contributed by atoms with Crippen LogP contribution in [0.3, 0.4) is 0 Å². The number of benzene rings is 1. The van der Waals surface area contributed by atoms with Crippen LogP contribution in [-0.2, 0) is 11.8 Å². The van der Waals surface area contributed by atoms with E-state index in [0.29, 0.717) is 30.4 Å². The Bertz CT molecular complexity index is 1100. The van der Waals surface area contributed by atoms with E-state index in [1.54, 1.807) is 31.0 Å². The molecular weight excluding hydrogens is 382 g/mol. The Labute approximate surface area is 175 Å². The van der Waals surface area contributed by atoms with Gasteiger partial charge in [-0.15, -0.1) is 0 Å². The predicted molar refractivity (Wildman–Crippen MR) is 114 cm³/mol. The molecule has 156 valence electrons. The Balaban J connectivity index is 1.73. The first-order valence-electron chi connectivity index (χ1n) is 9.77. The quantitative estimate of drug-likeness (QED) is 0.657. The molecule has 0 saturated carbocycles. The number of nitrogens with zero attached hydrogens (tertiary/aromatic N) is 5. The molecule has 3 aromatic rings. The van der Waals surface area contributed by atoms with E-state index in [-0.39, 0.29) is 11.7 Å². The molecule has 0 radical (unpaired) electrons. The van der Waals surface area contributed by atoms with Gasteiger partial charge in [-0.05, 0) is 37.6 Å². The second-order valence-electron chi connectivity index (χ2n) is 7.96. The molecule has 8 nitrogen and oxygen atoms in total. The smallest absolute Gasteiger partial charge is 0.255 e. The van der Waals surface area contributed by atoms with E-state index in [0.717, 1.165) is 11.3 Å². The van der Waals surface area contributed by atoms with Crippen molar-refractivity contribution in [2.75, 3.05) is 25.1 Å². The molecule has 1 aliphatic heterocycles. The summed E-state index contributed by atoms with van der Waals surface area (Å²) in [5, 5.41) is 0. The first kappa shape index (κ1) is 20.0. The maximum absolute atomic E-state index is 12.7. The van der Waals surface area contributed by atoms with E-state index in [4.69, 9.17) is 14.5 Å². The number of aromatic nitrogens is 4. The minimum atomic E-state index is -0.436. The number of rotatable bonds is 4. The van der Waals surface area contributed by atoms with E-state index in [9.17, 15) is 4.79 Å². The lowest BCUT2D eigenvalue weighted by atomic mass is 10.0. The van der Waals surface area contributed by atoms with Gasteiger partial charge in [0.05, 0.1) is 30.6 Å². The minimum absolute atomic E-state index is 0.143. The van der Waals surface area contributed by atoms with E-state index in [1.807, 2.05) is 38.1 Å². The summed E-state index contributed by atoms with van der Waals surface area (Å²) in [4.78, 5) is 27.7. The maximum atomic E-state index is 12.7. The van der Waals surface area contributed by atoms with Crippen molar-refractivity contribution in [1.82, 2.24) is 19.5 Å². The van der Waals surface area contributed by atoms with Gasteiger partial charge in [-0.25, -0.2) is 15.0 Å². The van der Waals surface area contributed by atoms with Crippen molar-refractivity contribution in [1.29, 1.82) is 0 Å². The highest BCUT2D eigenvalue weighted by molar-refractivity contribution is 5.55. The van der Waals surface area contributed by atoms with Crippen LogP contribution in [0.1, 0.15) is 25.5 Å². The fourth-order valence-electron chi connectivity index (χ4n) is 3.74. The molecule has 0 spiro atoms. The second kappa shape index (κ2) is 7.87. The van der Waals surface area contributed by atoms with Gasteiger partial charge in [0.15, 0.2) is 0 Å². The topological polar surface area (TPSA) is 82.4 Å². The van der Waals surface area contributed by atoms with E-state index >= 15 is 0 Å². The Kier molecular flexibility index (Phi) is 5.26. The fraction of sp³-hybridized carbons (Fsp3) is 0.364. The highest BCUT2D eigenvalue weighted by Crippen LogP contribution is 2.34. The van der Waals surface area contributed by atoms with Gasteiger partial charge in [0, 0.05) is 25.9 Å². The monoisotopic (exact) mass is 407 g/mol. The molecule has 1 aromatic carbocycles. The molecule has 0 aliphatic carbocycles. The van der Waals surface area contributed by atoms with Crippen molar-refractivity contribution in [2.24, 2.45) is 7.05 Å². The van der Waals surface area contributed by atoms with Gasteiger partial charge in [-0.1, -0.05) is 12.1 Å². The van der Waals surface area contributed by atoms with Gasteiger partial charge >= 0.3 is 0 Å². The molecule has 2 aromatic heterocycles.